The second-order valence-electron chi connectivity index (χ2n) is 4.39. The molecule has 0 amide bonds. The number of hydrogen-bond acceptors (Lipinski definition) is 2. The minimum absolute atomic E-state index is 0.238. The molecule has 1 heterocycles. The molecular weight excluding hydrogens is 265 g/mol. The van der Waals surface area contributed by atoms with E-state index in [4.69, 9.17) is 17.3 Å². The smallest absolute Gasteiger partial charge is 0.206 e. The molecule has 19 heavy (non-hydrogen) atoms. The van der Waals surface area contributed by atoms with Crippen LogP contribution in [0.3, 0.4) is 0 Å². The topological polar surface area (TPSA) is 43.8 Å². The largest absolute Gasteiger partial charge is 0.369 e. The summed E-state index contributed by atoms with van der Waals surface area (Å²) >= 11 is 5.98. The lowest BCUT2D eigenvalue weighted by Gasteiger charge is -2.09. The van der Waals surface area contributed by atoms with Crippen LogP contribution >= 0.6 is 11.6 Å². The molecule has 2 aromatic carbocycles. The fourth-order valence-electron chi connectivity index (χ4n) is 2.11. The van der Waals surface area contributed by atoms with E-state index < -0.39 is 0 Å². The van der Waals surface area contributed by atoms with Crippen LogP contribution < -0.4 is 5.73 Å². The second-order valence-corrected chi connectivity index (χ2v) is 4.83. The number of hydrogen-bond donors (Lipinski definition) is 1. The number of anilines is 1. The Balaban J connectivity index is 2.38. The molecule has 0 atom stereocenters. The standard InChI is InChI=1S/C14H11ClFN3/c1-8-2-4-10(16)12(6-8)19-13-7-9(15)3-5-11(13)18-14(19)17/h2-7H,1H3,(H2,17,18). The van der Waals surface area contributed by atoms with Gasteiger partial charge in [-0.05, 0) is 42.8 Å². The molecule has 2 N–H and O–H groups in total. The highest BCUT2D eigenvalue weighted by atomic mass is 35.5. The molecule has 96 valence electrons. The summed E-state index contributed by atoms with van der Waals surface area (Å²) in [5.41, 5.74) is 8.59. The number of nitrogens with two attached hydrogens (primary N) is 1. The van der Waals surface area contributed by atoms with E-state index >= 15 is 0 Å². The highest BCUT2D eigenvalue weighted by molar-refractivity contribution is 6.31. The lowest BCUT2D eigenvalue weighted by atomic mass is 10.2. The Hall–Kier alpha value is -2.07. The molecule has 0 fully saturated rings. The fraction of sp³-hybridized carbons (Fsp3) is 0.0714. The average Bonchev–Trinajstić information content (AvgIpc) is 2.68. The van der Waals surface area contributed by atoms with E-state index in [0.717, 1.165) is 5.56 Å². The number of aryl methyl sites for hydroxylation is 1. The van der Waals surface area contributed by atoms with Crippen molar-refractivity contribution >= 4 is 28.6 Å². The lowest BCUT2D eigenvalue weighted by molar-refractivity contribution is 0.619. The van der Waals surface area contributed by atoms with Gasteiger partial charge < -0.3 is 5.73 Å². The number of fused-ring (bicyclic) bond motifs is 1. The number of aromatic nitrogens is 2. The molecule has 0 aliphatic rings. The van der Waals surface area contributed by atoms with Crippen LogP contribution in [0.5, 0.6) is 0 Å². The Morgan fingerprint density at radius 1 is 1.21 bits per heavy atom. The number of imidazole rings is 1. The van der Waals surface area contributed by atoms with Gasteiger partial charge >= 0.3 is 0 Å². The lowest BCUT2D eigenvalue weighted by Crippen LogP contribution is -2.03. The molecule has 3 nitrogen and oxygen atoms in total. The van der Waals surface area contributed by atoms with Crippen LogP contribution in [0.2, 0.25) is 5.02 Å². The maximum absolute atomic E-state index is 14.0. The third-order valence-electron chi connectivity index (χ3n) is 2.99. The Kier molecular flexibility index (Phi) is 2.68. The Morgan fingerprint density at radius 3 is 2.79 bits per heavy atom. The summed E-state index contributed by atoms with van der Waals surface area (Å²) in [6.07, 6.45) is 0. The fourth-order valence-corrected chi connectivity index (χ4v) is 2.28. The van der Waals surface area contributed by atoms with Gasteiger partial charge in [0.2, 0.25) is 5.95 Å². The summed E-state index contributed by atoms with van der Waals surface area (Å²) in [7, 11) is 0. The number of benzene rings is 2. The molecule has 1 aromatic heterocycles. The molecule has 0 radical (unpaired) electrons. The van der Waals surface area contributed by atoms with E-state index in [9.17, 15) is 4.39 Å². The molecule has 3 aromatic rings. The number of nitrogens with zero attached hydrogens (tertiary/aromatic N) is 2. The van der Waals surface area contributed by atoms with Crippen molar-refractivity contribution in [3.63, 3.8) is 0 Å². The normalized spacial score (nSPS) is 11.1. The minimum atomic E-state index is -0.350. The van der Waals surface area contributed by atoms with Gasteiger partial charge in [-0.3, -0.25) is 4.57 Å². The van der Waals surface area contributed by atoms with Crippen LogP contribution in [0.4, 0.5) is 10.3 Å². The molecular formula is C14H11ClFN3. The van der Waals surface area contributed by atoms with Crippen molar-refractivity contribution in [2.75, 3.05) is 5.73 Å². The van der Waals surface area contributed by atoms with Crippen molar-refractivity contribution in [3.05, 3.63) is 52.8 Å². The van der Waals surface area contributed by atoms with Gasteiger partial charge in [0.25, 0.3) is 0 Å². The van der Waals surface area contributed by atoms with E-state index in [2.05, 4.69) is 4.98 Å². The Labute approximate surface area is 114 Å². The maximum atomic E-state index is 14.0. The summed E-state index contributed by atoms with van der Waals surface area (Å²) in [6.45, 7) is 1.89. The van der Waals surface area contributed by atoms with Crippen LogP contribution in [-0.4, -0.2) is 9.55 Å². The van der Waals surface area contributed by atoms with Crippen molar-refractivity contribution in [2.45, 2.75) is 6.92 Å². The minimum Gasteiger partial charge on any atom is -0.369 e. The molecule has 3 rings (SSSR count). The zero-order valence-electron chi connectivity index (χ0n) is 10.2. The highest BCUT2D eigenvalue weighted by Crippen LogP contribution is 2.27. The summed E-state index contributed by atoms with van der Waals surface area (Å²) in [5.74, 6) is -0.113. The molecule has 0 saturated heterocycles. The van der Waals surface area contributed by atoms with Gasteiger partial charge in [0.15, 0.2) is 0 Å². The van der Waals surface area contributed by atoms with Crippen LogP contribution in [0.25, 0.3) is 16.7 Å². The van der Waals surface area contributed by atoms with E-state index in [1.165, 1.54) is 6.07 Å². The Bertz CT molecular complexity index is 780. The van der Waals surface area contributed by atoms with Crippen molar-refractivity contribution in [1.82, 2.24) is 9.55 Å². The van der Waals surface area contributed by atoms with Crippen molar-refractivity contribution < 1.29 is 4.39 Å². The van der Waals surface area contributed by atoms with E-state index in [-0.39, 0.29) is 11.8 Å². The first kappa shape index (κ1) is 12.0. The van der Waals surface area contributed by atoms with Crippen LogP contribution in [-0.2, 0) is 0 Å². The van der Waals surface area contributed by atoms with Crippen LogP contribution in [0, 0.1) is 12.7 Å². The van der Waals surface area contributed by atoms with Gasteiger partial charge in [0.1, 0.15) is 5.82 Å². The predicted molar refractivity (Wildman–Crippen MR) is 75.2 cm³/mol. The van der Waals surface area contributed by atoms with Gasteiger partial charge in [-0.1, -0.05) is 17.7 Å². The summed E-state index contributed by atoms with van der Waals surface area (Å²) in [5, 5.41) is 0.557. The summed E-state index contributed by atoms with van der Waals surface area (Å²) in [6, 6.07) is 10.1. The van der Waals surface area contributed by atoms with E-state index in [1.54, 1.807) is 34.9 Å². The summed E-state index contributed by atoms with van der Waals surface area (Å²) in [4.78, 5) is 4.22. The zero-order chi connectivity index (χ0) is 13.6. The highest BCUT2D eigenvalue weighted by Gasteiger charge is 2.13. The number of halogens is 2. The molecule has 0 aliphatic heterocycles. The summed E-state index contributed by atoms with van der Waals surface area (Å²) < 4.78 is 15.6. The van der Waals surface area contributed by atoms with Gasteiger partial charge in [-0.25, -0.2) is 9.37 Å². The van der Waals surface area contributed by atoms with Gasteiger partial charge in [0, 0.05) is 5.02 Å². The molecule has 0 saturated carbocycles. The first-order valence-corrected chi connectivity index (χ1v) is 6.14. The van der Waals surface area contributed by atoms with Gasteiger partial charge in [-0.2, -0.15) is 0 Å². The van der Waals surface area contributed by atoms with Crippen molar-refractivity contribution in [3.8, 4) is 5.69 Å². The van der Waals surface area contributed by atoms with E-state index in [0.29, 0.717) is 21.7 Å². The SMILES string of the molecule is Cc1ccc(F)c(-n2c(N)nc3ccc(Cl)cc32)c1. The molecule has 0 unspecified atom stereocenters. The second kappa shape index (κ2) is 4.24. The van der Waals surface area contributed by atoms with Gasteiger partial charge in [0.05, 0.1) is 16.7 Å². The first-order chi connectivity index (χ1) is 9.06. The van der Waals surface area contributed by atoms with Crippen LogP contribution in [0.1, 0.15) is 5.56 Å². The number of nitrogen functional groups attached to an aromatic ring is 1. The predicted octanol–water partition coefficient (Wildman–Crippen LogP) is 3.71. The molecule has 5 heteroatoms. The van der Waals surface area contributed by atoms with Crippen LogP contribution in [0.15, 0.2) is 36.4 Å². The first-order valence-electron chi connectivity index (χ1n) is 5.76. The molecule has 0 bridgehead atoms. The third kappa shape index (κ3) is 1.94. The molecule has 0 aliphatic carbocycles. The van der Waals surface area contributed by atoms with E-state index in [1.807, 2.05) is 6.92 Å². The number of rotatable bonds is 1. The average molecular weight is 276 g/mol. The van der Waals surface area contributed by atoms with Gasteiger partial charge in [-0.15, -0.1) is 0 Å². The zero-order valence-corrected chi connectivity index (χ0v) is 10.9. The van der Waals surface area contributed by atoms with Crippen molar-refractivity contribution in [1.29, 1.82) is 0 Å². The Morgan fingerprint density at radius 2 is 2.00 bits per heavy atom. The quantitative estimate of drug-likeness (QED) is 0.736. The monoisotopic (exact) mass is 275 g/mol. The maximum Gasteiger partial charge on any atom is 0.206 e. The third-order valence-corrected chi connectivity index (χ3v) is 3.22. The molecule has 0 spiro atoms. The van der Waals surface area contributed by atoms with Crippen molar-refractivity contribution in [2.24, 2.45) is 0 Å².